The van der Waals surface area contributed by atoms with E-state index < -0.39 is 17.5 Å². The molecule has 1 unspecified atom stereocenters. The van der Waals surface area contributed by atoms with Crippen LogP contribution in [0.4, 0.5) is 10.1 Å². The van der Waals surface area contributed by atoms with Gasteiger partial charge in [0.15, 0.2) is 5.78 Å². The molecular weight excluding hydrogens is 391 g/mol. The van der Waals surface area contributed by atoms with Crippen LogP contribution >= 0.6 is 15.9 Å². The maximum absolute atomic E-state index is 13.7. The van der Waals surface area contributed by atoms with Gasteiger partial charge in [0.05, 0.1) is 18.2 Å². The fourth-order valence-corrected chi connectivity index (χ4v) is 2.81. The summed E-state index contributed by atoms with van der Waals surface area (Å²) in [4.78, 5) is 28.8. The average Bonchev–Trinajstić information content (AvgIpc) is 2.56. The van der Waals surface area contributed by atoms with Gasteiger partial charge in [-0.2, -0.15) is 0 Å². The van der Waals surface area contributed by atoms with Gasteiger partial charge < -0.3 is 10.5 Å². The second-order valence-electron chi connectivity index (χ2n) is 5.48. The summed E-state index contributed by atoms with van der Waals surface area (Å²) in [7, 11) is 0. The lowest BCUT2D eigenvalue weighted by Crippen LogP contribution is -2.17. The van der Waals surface area contributed by atoms with Crippen LogP contribution in [0.2, 0.25) is 0 Å². The van der Waals surface area contributed by atoms with E-state index in [0.29, 0.717) is 22.5 Å². The van der Waals surface area contributed by atoms with Crippen molar-refractivity contribution in [3.05, 3.63) is 52.0 Å². The smallest absolute Gasteiger partial charge is 0.184 e. The Morgan fingerprint density at radius 1 is 1.32 bits per heavy atom. The quantitative estimate of drug-likeness (QED) is 0.554. The molecule has 1 heterocycles. The van der Waals surface area contributed by atoms with Gasteiger partial charge in [0.25, 0.3) is 0 Å². The summed E-state index contributed by atoms with van der Waals surface area (Å²) >= 11 is 3.19. The van der Waals surface area contributed by atoms with Crippen molar-refractivity contribution in [2.75, 3.05) is 12.3 Å². The van der Waals surface area contributed by atoms with Gasteiger partial charge in [0.2, 0.25) is 0 Å². The molecule has 132 valence electrons. The predicted molar refractivity (Wildman–Crippen MR) is 96.3 cm³/mol. The Labute approximate surface area is 153 Å². The predicted octanol–water partition coefficient (Wildman–Crippen LogP) is 3.91. The van der Waals surface area contributed by atoms with Gasteiger partial charge in [0, 0.05) is 12.0 Å². The highest BCUT2D eigenvalue weighted by atomic mass is 79.9. The van der Waals surface area contributed by atoms with Crippen molar-refractivity contribution >= 4 is 33.2 Å². The number of Topliss-reactive ketones (excluding diaryl/α,β-unsaturated/α-hetero) is 2. The molecule has 0 aliphatic heterocycles. The van der Waals surface area contributed by atoms with Gasteiger partial charge in [-0.25, -0.2) is 9.37 Å². The highest BCUT2D eigenvalue weighted by Crippen LogP contribution is 2.32. The zero-order chi connectivity index (χ0) is 18.6. The van der Waals surface area contributed by atoms with Crippen LogP contribution in [0.25, 0.3) is 0 Å². The first kappa shape index (κ1) is 19.1. The SMILES string of the molecule is CCOc1ccc(F)cc1C(CC(=O)c1nc(Br)ccc1N)C(C)=O. The zero-order valence-electron chi connectivity index (χ0n) is 13.9. The molecule has 2 aromatic rings. The highest BCUT2D eigenvalue weighted by Gasteiger charge is 2.26. The van der Waals surface area contributed by atoms with E-state index in [9.17, 15) is 14.0 Å². The molecule has 1 aromatic carbocycles. The first-order chi connectivity index (χ1) is 11.8. The van der Waals surface area contributed by atoms with Gasteiger partial charge in [-0.05, 0) is 60.1 Å². The van der Waals surface area contributed by atoms with Crippen molar-refractivity contribution < 1.29 is 18.7 Å². The van der Waals surface area contributed by atoms with Gasteiger partial charge >= 0.3 is 0 Å². The fraction of sp³-hybridized carbons (Fsp3) is 0.278. The molecular formula is C18H18BrFN2O3. The van der Waals surface area contributed by atoms with Gasteiger partial charge in [-0.3, -0.25) is 9.59 Å². The molecule has 0 saturated heterocycles. The Hall–Kier alpha value is -2.28. The van der Waals surface area contributed by atoms with E-state index in [1.807, 2.05) is 0 Å². The van der Waals surface area contributed by atoms with Crippen LogP contribution in [0.5, 0.6) is 5.75 Å². The van der Waals surface area contributed by atoms with Crippen molar-refractivity contribution in [1.82, 2.24) is 4.98 Å². The number of nitrogens with zero attached hydrogens (tertiary/aromatic N) is 1. The molecule has 0 radical (unpaired) electrons. The molecule has 25 heavy (non-hydrogen) atoms. The number of ketones is 2. The minimum Gasteiger partial charge on any atom is -0.494 e. The number of carbonyl (C=O) groups excluding carboxylic acids is 2. The second-order valence-corrected chi connectivity index (χ2v) is 6.29. The summed E-state index contributed by atoms with van der Waals surface area (Å²) in [6.45, 7) is 3.50. The van der Waals surface area contributed by atoms with E-state index in [0.717, 1.165) is 0 Å². The van der Waals surface area contributed by atoms with Crippen LogP contribution in [0.3, 0.4) is 0 Å². The molecule has 0 bridgehead atoms. The molecule has 5 nitrogen and oxygen atoms in total. The van der Waals surface area contributed by atoms with E-state index in [4.69, 9.17) is 10.5 Å². The summed E-state index contributed by atoms with van der Waals surface area (Å²) in [6, 6.07) is 7.11. The van der Waals surface area contributed by atoms with E-state index in [2.05, 4.69) is 20.9 Å². The van der Waals surface area contributed by atoms with E-state index in [-0.39, 0.29) is 23.6 Å². The Bertz CT molecular complexity index is 811. The van der Waals surface area contributed by atoms with Crippen LogP contribution < -0.4 is 10.5 Å². The highest BCUT2D eigenvalue weighted by molar-refractivity contribution is 9.10. The Morgan fingerprint density at radius 3 is 2.68 bits per heavy atom. The molecule has 2 N–H and O–H groups in total. The minimum atomic E-state index is -0.843. The molecule has 7 heteroatoms. The first-order valence-electron chi connectivity index (χ1n) is 7.71. The third kappa shape index (κ3) is 4.63. The minimum absolute atomic E-state index is 0.0787. The number of benzene rings is 1. The molecule has 0 aliphatic carbocycles. The van der Waals surface area contributed by atoms with Crippen LogP contribution in [-0.4, -0.2) is 23.2 Å². The number of halogens is 2. The van der Waals surface area contributed by atoms with Crippen molar-refractivity contribution in [3.63, 3.8) is 0 Å². The van der Waals surface area contributed by atoms with Crippen LogP contribution in [-0.2, 0) is 4.79 Å². The van der Waals surface area contributed by atoms with Crippen LogP contribution in [0.15, 0.2) is 34.9 Å². The molecule has 1 atom stereocenters. The van der Waals surface area contributed by atoms with Crippen molar-refractivity contribution in [2.24, 2.45) is 0 Å². The average molecular weight is 409 g/mol. The third-order valence-corrected chi connectivity index (χ3v) is 4.13. The molecule has 2 rings (SSSR count). The van der Waals surface area contributed by atoms with Crippen molar-refractivity contribution in [1.29, 1.82) is 0 Å². The topological polar surface area (TPSA) is 82.3 Å². The number of pyridine rings is 1. The number of hydrogen-bond acceptors (Lipinski definition) is 5. The molecule has 0 spiro atoms. The lowest BCUT2D eigenvalue weighted by molar-refractivity contribution is -0.118. The van der Waals surface area contributed by atoms with Gasteiger partial charge in [-0.1, -0.05) is 0 Å². The largest absolute Gasteiger partial charge is 0.494 e. The Morgan fingerprint density at radius 2 is 2.04 bits per heavy atom. The van der Waals surface area contributed by atoms with E-state index >= 15 is 0 Å². The Kier molecular flexibility index (Phi) is 6.25. The van der Waals surface area contributed by atoms with Crippen molar-refractivity contribution in [2.45, 2.75) is 26.2 Å². The molecule has 0 saturated carbocycles. The lowest BCUT2D eigenvalue weighted by atomic mass is 9.88. The number of carbonyl (C=O) groups is 2. The number of rotatable bonds is 7. The Balaban J connectivity index is 2.39. The third-order valence-electron chi connectivity index (χ3n) is 3.68. The monoisotopic (exact) mass is 408 g/mol. The zero-order valence-corrected chi connectivity index (χ0v) is 15.5. The number of anilines is 1. The summed E-state index contributed by atoms with van der Waals surface area (Å²) in [5.41, 5.74) is 6.45. The summed E-state index contributed by atoms with van der Waals surface area (Å²) in [5.74, 6) is -1.63. The normalized spacial score (nSPS) is 11.8. The summed E-state index contributed by atoms with van der Waals surface area (Å²) in [5, 5.41) is 0. The maximum atomic E-state index is 13.7. The molecule has 0 amide bonds. The second kappa shape index (κ2) is 8.20. The summed E-state index contributed by atoms with van der Waals surface area (Å²) in [6.07, 6.45) is -0.174. The standard InChI is InChI=1S/C18H18BrFN2O3/c1-3-25-16-6-4-11(20)8-13(16)12(10(2)23)9-15(24)18-14(21)5-7-17(19)22-18/h4-8,12H,3,9,21H2,1-2H3. The number of nitrogens with two attached hydrogens (primary N) is 1. The fourth-order valence-electron chi connectivity index (χ4n) is 2.50. The first-order valence-corrected chi connectivity index (χ1v) is 8.50. The van der Waals surface area contributed by atoms with Crippen LogP contribution in [0.1, 0.15) is 42.2 Å². The lowest BCUT2D eigenvalue weighted by Gasteiger charge is -2.18. The number of hydrogen-bond donors (Lipinski definition) is 1. The molecule has 0 fully saturated rings. The van der Waals surface area contributed by atoms with Crippen LogP contribution in [0, 0.1) is 5.82 Å². The number of ether oxygens (including phenoxy) is 1. The van der Waals surface area contributed by atoms with Crippen molar-refractivity contribution in [3.8, 4) is 5.75 Å². The summed E-state index contributed by atoms with van der Waals surface area (Å²) < 4.78 is 19.6. The number of nitrogen functional groups attached to an aromatic ring is 1. The maximum Gasteiger partial charge on any atom is 0.184 e. The van der Waals surface area contributed by atoms with Gasteiger partial charge in [0.1, 0.15) is 27.6 Å². The van der Waals surface area contributed by atoms with E-state index in [1.165, 1.54) is 25.1 Å². The number of aromatic nitrogens is 1. The molecule has 1 aromatic heterocycles. The van der Waals surface area contributed by atoms with E-state index in [1.54, 1.807) is 19.1 Å². The van der Waals surface area contributed by atoms with Gasteiger partial charge in [-0.15, -0.1) is 0 Å². The molecule has 0 aliphatic rings.